The second-order valence-electron chi connectivity index (χ2n) is 9.17. The highest BCUT2D eigenvalue weighted by molar-refractivity contribution is 4.97. The Morgan fingerprint density at radius 2 is 1.76 bits per heavy atom. The summed E-state index contributed by atoms with van der Waals surface area (Å²) < 4.78 is 0. The van der Waals surface area contributed by atoms with Crippen molar-refractivity contribution in [3.63, 3.8) is 0 Å². The molecule has 5 unspecified atom stereocenters. The van der Waals surface area contributed by atoms with E-state index >= 15 is 0 Å². The van der Waals surface area contributed by atoms with Crippen LogP contribution in [0.4, 0.5) is 0 Å². The minimum absolute atomic E-state index is 0.351. The Hall–Kier alpha value is -0.0800. The van der Waals surface area contributed by atoms with Crippen molar-refractivity contribution in [1.29, 1.82) is 0 Å². The van der Waals surface area contributed by atoms with Crippen LogP contribution in [0.1, 0.15) is 67.7 Å². The van der Waals surface area contributed by atoms with Gasteiger partial charge < -0.3 is 5.32 Å². The van der Waals surface area contributed by atoms with Gasteiger partial charge in [0.15, 0.2) is 0 Å². The summed E-state index contributed by atoms with van der Waals surface area (Å²) in [7, 11) is 0. The highest BCUT2D eigenvalue weighted by Crippen LogP contribution is 2.36. The molecule has 1 saturated carbocycles. The molecule has 124 valence electrons. The average molecular weight is 295 g/mol. The van der Waals surface area contributed by atoms with Gasteiger partial charge in [-0.1, -0.05) is 61.3 Å². The Labute approximate surface area is 133 Å². The van der Waals surface area contributed by atoms with E-state index in [-0.39, 0.29) is 0 Å². The average Bonchev–Trinajstić information content (AvgIpc) is 2.40. The van der Waals surface area contributed by atoms with E-state index in [1.54, 1.807) is 0 Å². The monoisotopic (exact) mass is 294 g/mol. The summed E-state index contributed by atoms with van der Waals surface area (Å²) in [5.41, 5.74) is 0.351. The van der Waals surface area contributed by atoms with Crippen molar-refractivity contribution >= 4 is 0 Å². The van der Waals surface area contributed by atoms with Gasteiger partial charge in [0.25, 0.3) is 0 Å². The molecule has 1 N–H and O–H groups in total. The predicted octanol–water partition coefficient (Wildman–Crippen LogP) is 4.16. The van der Waals surface area contributed by atoms with E-state index in [0.29, 0.717) is 17.5 Å². The van der Waals surface area contributed by atoms with Gasteiger partial charge in [0.1, 0.15) is 0 Å². The molecule has 1 saturated heterocycles. The zero-order valence-corrected chi connectivity index (χ0v) is 15.4. The first-order valence-corrected chi connectivity index (χ1v) is 9.21. The lowest BCUT2D eigenvalue weighted by Gasteiger charge is -2.52. The van der Waals surface area contributed by atoms with E-state index in [9.17, 15) is 0 Å². The topological polar surface area (TPSA) is 15.3 Å². The quantitative estimate of drug-likeness (QED) is 0.823. The predicted molar refractivity (Wildman–Crippen MR) is 92.5 cm³/mol. The standard InChI is InChI=1S/C19H38N2/c1-13(2)17-11-20-18(19(5,6)7)12-21(17)16-10-8-9-14(3)15(16)4/h13-18,20H,8-12H2,1-7H3. The Morgan fingerprint density at radius 1 is 1.10 bits per heavy atom. The summed E-state index contributed by atoms with van der Waals surface area (Å²) in [5, 5.41) is 3.84. The third-order valence-electron chi connectivity index (χ3n) is 6.30. The fourth-order valence-corrected chi connectivity index (χ4v) is 4.39. The highest BCUT2D eigenvalue weighted by atomic mass is 15.3. The summed E-state index contributed by atoms with van der Waals surface area (Å²) in [5.74, 6) is 2.47. The molecule has 2 heteroatoms. The fourth-order valence-electron chi connectivity index (χ4n) is 4.39. The fraction of sp³-hybridized carbons (Fsp3) is 1.00. The van der Waals surface area contributed by atoms with Crippen molar-refractivity contribution in [3.8, 4) is 0 Å². The van der Waals surface area contributed by atoms with Crippen LogP contribution in [-0.2, 0) is 0 Å². The van der Waals surface area contributed by atoms with Crippen molar-refractivity contribution in [2.45, 2.75) is 85.9 Å². The van der Waals surface area contributed by atoms with E-state index in [4.69, 9.17) is 0 Å². The van der Waals surface area contributed by atoms with E-state index in [1.807, 2.05) is 0 Å². The molecule has 21 heavy (non-hydrogen) atoms. The van der Waals surface area contributed by atoms with Gasteiger partial charge in [-0.15, -0.1) is 0 Å². The SMILES string of the molecule is CC(C)C1CNC(C(C)(C)C)CN1C1CCCC(C)C1C. The molecule has 2 rings (SSSR count). The summed E-state index contributed by atoms with van der Waals surface area (Å²) in [6.07, 6.45) is 4.26. The Bertz CT molecular complexity index is 331. The summed E-state index contributed by atoms with van der Waals surface area (Å²) in [4.78, 5) is 2.90. The maximum absolute atomic E-state index is 3.84. The minimum Gasteiger partial charge on any atom is -0.311 e. The lowest BCUT2D eigenvalue weighted by molar-refractivity contribution is -0.0141. The van der Waals surface area contributed by atoms with Crippen LogP contribution in [0.3, 0.4) is 0 Å². The highest BCUT2D eigenvalue weighted by Gasteiger charge is 2.41. The summed E-state index contributed by atoms with van der Waals surface area (Å²) in [6, 6.07) is 2.13. The van der Waals surface area contributed by atoms with Crippen molar-refractivity contribution in [3.05, 3.63) is 0 Å². The Morgan fingerprint density at radius 3 is 2.33 bits per heavy atom. The largest absolute Gasteiger partial charge is 0.311 e. The van der Waals surface area contributed by atoms with Crippen LogP contribution < -0.4 is 5.32 Å². The lowest BCUT2D eigenvalue weighted by atomic mass is 9.75. The molecule has 1 aliphatic carbocycles. The first kappa shape index (κ1) is 17.3. The van der Waals surface area contributed by atoms with E-state index in [2.05, 4.69) is 58.7 Å². The lowest BCUT2D eigenvalue weighted by Crippen LogP contribution is -2.65. The van der Waals surface area contributed by atoms with Gasteiger partial charge in [-0.2, -0.15) is 0 Å². The Kier molecular flexibility index (Phi) is 5.41. The molecule has 2 nitrogen and oxygen atoms in total. The van der Waals surface area contributed by atoms with Crippen LogP contribution >= 0.6 is 0 Å². The number of hydrogen-bond acceptors (Lipinski definition) is 2. The normalized spacial score (nSPS) is 39.7. The molecule has 0 aromatic heterocycles. The molecule has 0 aromatic rings. The van der Waals surface area contributed by atoms with Crippen LogP contribution in [0.15, 0.2) is 0 Å². The van der Waals surface area contributed by atoms with Crippen molar-refractivity contribution < 1.29 is 0 Å². The van der Waals surface area contributed by atoms with Crippen molar-refractivity contribution in [2.75, 3.05) is 13.1 Å². The minimum atomic E-state index is 0.351. The first-order chi connectivity index (χ1) is 9.71. The number of piperazine rings is 1. The third kappa shape index (κ3) is 3.82. The van der Waals surface area contributed by atoms with Gasteiger partial charge in [0, 0.05) is 31.2 Å². The molecule has 0 bridgehead atoms. The van der Waals surface area contributed by atoms with E-state index < -0.39 is 0 Å². The van der Waals surface area contributed by atoms with Gasteiger partial charge in [0.2, 0.25) is 0 Å². The molecule has 1 heterocycles. The first-order valence-electron chi connectivity index (χ1n) is 9.21. The van der Waals surface area contributed by atoms with Gasteiger partial charge >= 0.3 is 0 Å². The van der Waals surface area contributed by atoms with Crippen molar-refractivity contribution in [1.82, 2.24) is 10.2 Å². The number of rotatable bonds is 2. The van der Waals surface area contributed by atoms with Gasteiger partial charge in [-0.3, -0.25) is 4.90 Å². The van der Waals surface area contributed by atoms with Crippen LogP contribution in [0.25, 0.3) is 0 Å². The number of nitrogens with one attached hydrogen (secondary N) is 1. The molecular formula is C19H38N2. The molecule has 2 aliphatic rings. The third-order valence-corrected chi connectivity index (χ3v) is 6.30. The molecule has 0 radical (unpaired) electrons. The zero-order valence-electron chi connectivity index (χ0n) is 15.4. The van der Waals surface area contributed by atoms with Gasteiger partial charge in [-0.05, 0) is 29.6 Å². The molecule has 2 fully saturated rings. The number of nitrogens with zero attached hydrogens (tertiary/aromatic N) is 1. The summed E-state index contributed by atoms with van der Waals surface area (Å²) in [6.45, 7) is 19.3. The molecular weight excluding hydrogens is 256 g/mol. The Balaban J connectivity index is 2.17. The molecule has 0 spiro atoms. The van der Waals surface area contributed by atoms with E-state index in [0.717, 1.165) is 30.3 Å². The van der Waals surface area contributed by atoms with Crippen LogP contribution in [0.2, 0.25) is 0 Å². The molecule has 0 aromatic carbocycles. The maximum atomic E-state index is 3.84. The van der Waals surface area contributed by atoms with Crippen LogP contribution in [0.5, 0.6) is 0 Å². The molecule has 5 atom stereocenters. The van der Waals surface area contributed by atoms with Crippen LogP contribution in [0, 0.1) is 23.2 Å². The molecule has 0 amide bonds. The van der Waals surface area contributed by atoms with Crippen molar-refractivity contribution in [2.24, 2.45) is 23.2 Å². The second kappa shape index (κ2) is 6.58. The van der Waals surface area contributed by atoms with Crippen LogP contribution in [-0.4, -0.2) is 36.1 Å². The maximum Gasteiger partial charge on any atom is 0.0247 e. The summed E-state index contributed by atoms with van der Waals surface area (Å²) >= 11 is 0. The smallest absolute Gasteiger partial charge is 0.0247 e. The molecule has 1 aliphatic heterocycles. The van der Waals surface area contributed by atoms with E-state index in [1.165, 1.54) is 25.8 Å². The number of hydrogen-bond donors (Lipinski definition) is 1. The zero-order chi connectivity index (χ0) is 15.8. The van der Waals surface area contributed by atoms with Gasteiger partial charge in [-0.25, -0.2) is 0 Å². The second-order valence-corrected chi connectivity index (χ2v) is 9.17. The van der Waals surface area contributed by atoms with Gasteiger partial charge in [0.05, 0.1) is 0 Å².